The van der Waals surface area contributed by atoms with Crippen LogP contribution >= 0.6 is 0 Å². The van der Waals surface area contributed by atoms with E-state index in [2.05, 4.69) is 34.6 Å². The predicted molar refractivity (Wildman–Crippen MR) is 195 cm³/mol. The van der Waals surface area contributed by atoms with E-state index in [0.717, 1.165) is 32.1 Å². The van der Waals surface area contributed by atoms with Crippen LogP contribution in [-0.2, 0) is 23.7 Å². The molecule has 8 fully saturated rings. The maximum Gasteiger partial charge on any atom is 0.189 e. The van der Waals surface area contributed by atoms with Crippen molar-refractivity contribution in [2.75, 3.05) is 6.61 Å². The first-order valence-electron chi connectivity index (χ1n) is 21.0. The molecule has 3 heterocycles. The minimum absolute atomic E-state index is 0.0677. The smallest absolute Gasteiger partial charge is 0.189 e. The molecule has 0 aromatic heterocycles. The molecule has 8 aliphatic rings. The van der Waals surface area contributed by atoms with Gasteiger partial charge in [-0.3, -0.25) is 0 Å². The molecule has 22 atom stereocenters. The molecule has 3 aliphatic heterocycles. The van der Waals surface area contributed by atoms with E-state index in [1.54, 1.807) is 13.8 Å². The zero-order chi connectivity index (χ0) is 40.9. The summed E-state index contributed by atoms with van der Waals surface area (Å²) in [6.45, 7) is 13.8. The van der Waals surface area contributed by atoms with Crippen molar-refractivity contribution in [3.63, 3.8) is 0 Å². The normalized spacial score (nSPS) is 59.2. The highest BCUT2D eigenvalue weighted by Crippen LogP contribution is 2.89. The summed E-state index contributed by atoms with van der Waals surface area (Å²) < 4.78 is 31.5. The fraction of sp³-hybridized carbons (Fsp3) is 1.00. The van der Waals surface area contributed by atoms with Crippen LogP contribution in [0.4, 0.5) is 0 Å². The van der Waals surface area contributed by atoms with Crippen LogP contribution in [-0.4, -0.2) is 155 Å². The fourth-order valence-corrected chi connectivity index (χ4v) is 14.9. The van der Waals surface area contributed by atoms with Crippen LogP contribution in [0.25, 0.3) is 0 Å². The van der Waals surface area contributed by atoms with Crippen molar-refractivity contribution in [2.45, 2.75) is 203 Å². The molecule has 0 amide bonds. The SMILES string of the molecule is CC(C)(O)[C@H]1CCC(C)([C@H]2[C@@H](O)C[C@]3(C)C4C[C@@H](O[C@@H]5O[C@H](CO)[C@@H](O)[C@H](O)[C@H]5O)C5C(C)(C)[C@@H](O[C@H]6O[C@H](O)[C@@H](O)[C@H](O)[C@H]6O)CC[C@@]56C[C@@]46CC[C@]23C)O1. The predicted octanol–water partition coefficient (Wildman–Crippen LogP) is 0.0425. The molecule has 56 heavy (non-hydrogen) atoms. The van der Waals surface area contributed by atoms with Crippen LogP contribution in [0.3, 0.4) is 0 Å². The Kier molecular flexibility index (Phi) is 10.1. The quantitative estimate of drug-likeness (QED) is 0.153. The van der Waals surface area contributed by atoms with Crippen molar-refractivity contribution in [1.29, 1.82) is 0 Å². The standard InChI is InChI=1S/C41H68O15/c1-35(2)22(54-34-29(49)26(46)27(47)32(50)55-34)9-11-41-17-40(41)13-12-37(5)30(39(7)10-8-23(56-39)36(3,4)51)18(43)15-38(37,6)21(40)14-19(31(35)41)52-33-28(48)25(45)24(44)20(16-42)53-33/h18-34,42-51H,8-17H2,1-7H3/t18-,19+,20+,21?,22-,23+,24+,25-,26-,27-,28+,29+,30-,31?,32-,33+,34-,37+,38+,39?,40-,41+/m0/s1. The second kappa shape index (κ2) is 13.4. The number of fused-ring (bicyclic) bond motifs is 2. The molecule has 0 aromatic carbocycles. The van der Waals surface area contributed by atoms with Gasteiger partial charge in [-0.15, -0.1) is 0 Å². The lowest BCUT2D eigenvalue weighted by Crippen LogP contribution is -2.65. The highest BCUT2D eigenvalue weighted by molar-refractivity contribution is 5.33. The molecule has 15 heteroatoms. The number of rotatable bonds is 7. The minimum Gasteiger partial charge on any atom is -0.394 e. The Labute approximate surface area is 329 Å². The third-order valence-corrected chi connectivity index (χ3v) is 17.7. The van der Waals surface area contributed by atoms with E-state index in [4.69, 9.17) is 23.7 Å². The number of aliphatic hydroxyl groups is 10. The summed E-state index contributed by atoms with van der Waals surface area (Å²) in [6.07, 6.45) is -11.2. The Hall–Kier alpha value is -0.600. The molecular formula is C41H68O15. The number of aliphatic hydroxyl groups excluding tert-OH is 9. The third-order valence-electron chi connectivity index (χ3n) is 17.7. The average molecular weight is 801 g/mol. The van der Waals surface area contributed by atoms with Crippen LogP contribution in [0, 0.1) is 44.8 Å². The molecule has 2 spiro atoms. The maximum atomic E-state index is 12.2. The fourth-order valence-electron chi connectivity index (χ4n) is 14.9. The van der Waals surface area contributed by atoms with E-state index in [1.807, 2.05) is 0 Å². The molecule has 3 unspecified atom stereocenters. The lowest BCUT2D eigenvalue weighted by molar-refractivity contribution is -0.364. The van der Waals surface area contributed by atoms with Gasteiger partial charge in [0, 0.05) is 5.92 Å². The van der Waals surface area contributed by atoms with Gasteiger partial charge in [0.15, 0.2) is 18.9 Å². The summed E-state index contributed by atoms with van der Waals surface area (Å²) in [7, 11) is 0. The van der Waals surface area contributed by atoms with Crippen molar-refractivity contribution in [2.24, 2.45) is 44.8 Å². The Bertz CT molecular complexity index is 1490. The summed E-state index contributed by atoms with van der Waals surface area (Å²) in [5, 5.41) is 108. The number of hydrogen-bond donors (Lipinski definition) is 10. The monoisotopic (exact) mass is 800 g/mol. The van der Waals surface area contributed by atoms with Crippen LogP contribution in [0.5, 0.6) is 0 Å². The van der Waals surface area contributed by atoms with Crippen LogP contribution in [0.1, 0.15) is 106 Å². The molecule has 5 saturated carbocycles. The number of hydrogen-bond acceptors (Lipinski definition) is 15. The molecule has 5 aliphatic carbocycles. The molecule has 3 saturated heterocycles. The molecule has 0 aromatic rings. The first-order chi connectivity index (χ1) is 25.9. The van der Waals surface area contributed by atoms with Crippen LogP contribution < -0.4 is 0 Å². The van der Waals surface area contributed by atoms with Crippen molar-refractivity contribution in [3.8, 4) is 0 Å². The molecule has 10 N–H and O–H groups in total. The van der Waals surface area contributed by atoms with Crippen LogP contribution in [0.2, 0.25) is 0 Å². The Morgan fingerprint density at radius 3 is 1.95 bits per heavy atom. The van der Waals surface area contributed by atoms with Gasteiger partial charge in [0.05, 0.1) is 42.2 Å². The third kappa shape index (κ3) is 5.70. The first-order valence-corrected chi connectivity index (χ1v) is 21.0. The summed E-state index contributed by atoms with van der Waals surface area (Å²) >= 11 is 0. The topological polar surface area (TPSA) is 248 Å². The van der Waals surface area contributed by atoms with E-state index in [-0.39, 0.29) is 45.5 Å². The van der Waals surface area contributed by atoms with Gasteiger partial charge in [0.25, 0.3) is 0 Å². The molecule has 0 bridgehead atoms. The van der Waals surface area contributed by atoms with Gasteiger partial charge >= 0.3 is 0 Å². The minimum atomic E-state index is -1.76. The molecule has 15 nitrogen and oxygen atoms in total. The molecule has 322 valence electrons. The van der Waals surface area contributed by atoms with Gasteiger partial charge in [-0.1, -0.05) is 27.7 Å². The maximum absolute atomic E-state index is 12.2. The van der Waals surface area contributed by atoms with Gasteiger partial charge in [-0.05, 0) is 117 Å². The van der Waals surface area contributed by atoms with Gasteiger partial charge in [-0.2, -0.15) is 0 Å². The van der Waals surface area contributed by atoms with E-state index in [1.165, 1.54) is 0 Å². The lowest BCUT2D eigenvalue weighted by Gasteiger charge is -2.65. The van der Waals surface area contributed by atoms with Crippen molar-refractivity contribution in [3.05, 3.63) is 0 Å². The van der Waals surface area contributed by atoms with Crippen molar-refractivity contribution in [1.82, 2.24) is 0 Å². The average Bonchev–Trinajstić information content (AvgIpc) is 3.48. The molecular weight excluding hydrogens is 732 g/mol. The van der Waals surface area contributed by atoms with E-state index < -0.39 is 103 Å². The summed E-state index contributed by atoms with van der Waals surface area (Å²) in [5.41, 5.74) is -3.44. The zero-order valence-electron chi connectivity index (χ0n) is 33.9. The Balaban J connectivity index is 1.15. The van der Waals surface area contributed by atoms with Gasteiger partial charge in [0.1, 0.15) is 42.7 Å². The molecule has 0 radical (unpaired) electrons. The highest BCUT2D eigenvalue weighted by Gasteiger charge is 2.85. The van der Waals surface area contributed by atoms with Crippen molar-refractivity contribution < 1.29 is 74.7 Å². The van der Waals surface area contributed by atoms with Gasteiger partial charge in [-0.25, -0.2) is 0 Å². The first kappa shape index (κ1) is 42.1. The Morgan fingerprint density at radius 1 is 0.679 bits per heavy atom. The van der Waals surface area contributed by atoms with Crippen molar-refractivity contribution >= 4 is 0 Å². The second-order valence-electron chi connectivity index (χ2n) is 21.2. The lowest BCUT2D eigenvalue weighted by atomic mass is 9.41. The van der Waals surface area contributed by atoms with Crippen LogP contribution in [0.15, 0.2) is 0 Å². The van der Waals surface area contributed by atoms with Gasteiger partial charge < -0.3 is 74.7 Å². The van der Waals surface area contributed by atoms with E-state index in [9.17, 15) is 51.1 Å². The van der Waals surface area contributed by atoms with E-state index in [0.29, 0.717) is 25.7 Å². The Morgan fingerprint density at radius 2 is 1.32 bits per heavy atom. The summed E-state index contributed by atoms with van der Waals surface area (Å²) in [5.74, 6) is -0.344. The largest absolute Gasteiger partial charge is 0.394 e. The highest BCUT2D eigenvalue weighted by atomic mass is 16.8. The number of ether oxygens (including phenoxy) is 5. The molecule has 8 rings (SSSR count). The summed E-state index contributed by atoms with van der Waals surface area (Å²) in [4.78, 5) is 0. The van der Waals surface area contributed by atoms with E-state index >= 15 is 0 Å². The second-order valence-corrected chi connectivity index (χ2v) is 21.2. The summed E-state index contributed by atoms with van der Waals surface area (Å²) in [6, 6.07) is 0. The zero-order valence-corrected chi connectivity index (χ0v) is 33.9. The van der Waals surface area contributed by atoms with Gasteiger partial charge in [0.2, 0.25) is 0 Å².